The van der Waals surface area contributed by atoms with Crippen LogP contribution in [0, 0.1) is 27.7 Å². The van der Waals surface area contributed by atoms with E-state index in [9.17, 15) is 8.42 Å². The van der Waals surface area contributed by atoms with Crippen molar-refractivity contribution in [2.24, 2.45) is 0 Å². The molecular weight excluding hydrogens is 438 g/mol. The summed E-state index contributed by atoms with van der Waals surface area (Å²) >= 11 is 0. The Morgan fingerprint density at radius 2 is 1.48 bits per heavy atom. The van der Waals surface area contributed by atoms with Gasteiger partial charge in [-0.25, -0.2) is 13.4 Å². The Hall–Kier alpha value is -3.17. The number of hydrogen-bond acceptors (Lipinski definition) is 7. The van der Waals surface area contributed by atoms with Crippen LogP contribution >= 0.6 is 0 Å². The number of aromatic nitrogens is 2. The first kappa shape index (κ1) is 23.0. The van der Waals surface area contributed by atoms with Gasteiger partial charge in [0.1, 0.15) is 5.82 Å². The maximum atomic E-state index is 12.9. The molecule has 1 aliphatic rings. The van der Waals surface area contributed by atoms with Crippen molar-refractivity contribution in [3.63, 3.8) is 0 Å². The standard InChI is InChI=1S/C24H29N5O3S/c1-16-13-18(3)22(14-17(16)2)33(30,31)28-21-7-5-20(6-8-21)26-24-25-19(4)15-23(27-24)29-9-11-32-12-10-29/h5-8,13-15,28H,9-12H2,1-4H3,(H,25,26,27). The number of rotatable bonds is 6. The Bertz CT molecular complexity index is 1250. The summed E-state index contributed by atoms with van der Waals surface area (Å²) in [5, 5.41) is 3.21. The lowest BCUT2D eigenvalue weighted by Gasteiger charge is -2.28. The van der Waals surface area contributed by atoms with E-state index in [0.717, 1.165) is 47.0 Å². The number of anilines is 4. The minimum absolute atomic E-state index is 0.289. The summed E-state index contributed by atoms with van der Waals surface area (Å²) in [5.74, 6) is 1.36. The number of aryl methyl sites for hydroxylation is 4. The van der Waals surface area contributed by atoms with Gasteiger partial charge in [0.15, 0.2) is 0 Å². The van der Waals surface area contributed by atoms with Crippen LogP contribution < -0.4 is 14.9 Å². The topological polar surface area (TPSA) is 96.5 Å². The van der Waals surface area contributed by atoms with Gasteiger partial charge in [0.2, 0.25) is 5.95 Å². The molecule has 2 heterocycles. The highest BCUT2D eigenvalue weighted by Gasteiger charge is 2.18. The first-order valence-corrected chi connectivity index (χ1v) is 12.4. The highest BCUT2D eigenvalue weighted by Crippen LogP contribution is 2.25. The van der Waals surface area contributed by atoms with E-state index in [1.54, 1.807) is 37.3 Å². The Labute approximate surface area is 195 Å². The quantitative estimate of drug-likeness (QED) is 0.564. The van der Waals surface area contributed by atoms with Crippen molar-refractivity contribution in [1.82, 2.24) is 9.97 Å². The van der Waals surface area contributed by atoms with Crippen LogP contribution in [-0.2, 0) is 14.8 Å². The van der Waals surface area contributed by atoms with Crippen molar-refractivity contribution in [3.8, 4) is 0 Å². The first-order chi connectivity index (χ1) is 15.7. The molecule has 0 amide bonds. The predicted molar refractivity (Wildman–Crippen MR) is 131 cm³/mol. The zero-order valence-electron chi connectivity index (χ0n) is 19.3. The van der Waals surface area contributed by atoms with Crippen LogP contribution in [0.1, 0.15) is 22.4 Å². The second-order valence-electron chi connectivity index (χ2n) is 8.30. The molecule has 1 fully saturated rings. The Morgan fingerprint density at radius 1 is 0.848 bits per heavy atom. The maximum Gasteiger partial charge on any atom is 0.262 e. The lowest BCUT2D eigenvalue weighted by molar-refractivity contribution is 0.122. The zero-order chi connectivity index (χ0) is 23.6. The molecule has 0 spiro atoms. The summed E-state index contributed by atoms with van der Waals surface area (Å²) < 4.78 is 33.9. The number of ether oxygens (including phenoxy) is 1. The average molecular weight is 468 g/mol. The molecule has 0 radical (unpaired) electrons. The van der Waals surface area contributed by atoms with Gasteiger partial charge in [-0.15, -0.1) is 0 Å². The molecule has 0 aliphatic carbocycles. The molecule has 174 valence electrons. The van der Waals surface area contributed by atoms with Crippen molar-refractivity contribution >= 4 is 33.2 Å². The van der Waals surface area contributed by atoms with Crippen LogP contribution in [0.2, 0.25) is 0 Å². The van der Waals surface area contributed by atoms with E-state index in [0.29, 0.717) is 24.8 Å². The second kappa shape index (κ2) is 9.36. The molecule has 0 saturated carbocycles. The van der Waals surface area contributed by atoms with Crippen LogP contribution in [-0.4, -0.2) is 44.7 Å². The molecule has 0 bridgehead atoms. The highest BCUT2D eigenvalue weighted by molar-refractivity contribution is 7.92. The third kappa shape index (κ3) is 5.43. The molecule has 2 aromatic carbocycles. The second-order valence-corrected chi connectivity index (χ2v) is 9.95. The molecule has 8 nitrogen and oxygen atoms in total. The Morgan fingerprint density at radius 3 is 2.18 bits per heavy atom. The fourth-order valence-corrected chi connectivity index (χ4v) is 5.12. The van der Waals surface area contributed by atoms with Crippen molar-refractivity contribution in [2.45, 2.75) is 32.6 Å². The molecule has 3 aromatic rings. The first-order valence-electron chi connectivity index (χ1n) is 10.9. The van der Waals surface area contributed by atoms with Crippen molar-refractivity contribution in [3.05, 3.63) is 64.8 Å². The molecule has 0 atom stereocenters. The fourth-order valence-electron chi connectivity index (χ4n) is 3.75. The number of nitrogens with one attached hydrogen (secondary N) is 2. The molecule has 4 rings (SSSR count). The number of sulfonamides is 1. The van der Waals surface area contributed by atoms with Crippen LogP contribution in [0.15, 0.2) is 47.4 Å². The summed E-state index contributed by atoms with van der Waals surface area (Å²) in [7, 11) is -3.69. The van der Waals surface area contributed by atoms with Crippen LogP contribution in [0.25, 0.3) is 0 Å². The Kier molecular flexibility index (Phi) is 6.53. The minimum atomic E-state index is -3.69. The van der Waals surface area contributed by atoms with Gasteiger partial charge in [0.05, 0.1) is 18.1 Å². The third-order valence-corrected chi connectivity index (χ3v) is 7.17. The minimum Gasteiger partial charge on any atom is -0.378 e. The maximum absolute atomic E-state index is 12.9. The molecule has 9 heteroatoms. The van der Waals surface area contributed by atoms with Crippen molar-refractivity contribution in [1.29, 1.82) is 0 Å². The van der Waals surface area contributed by atoms with E-state index in [2.05, 4.69) is 24.9 Å². The molecular formula is C24H29N5O3S. The third-order valence-electron chi connectivity index (χ3n) is 5.65. The van der Waals surface area contributed by atoms with Gasteiger partial charge in [-0.3, -0.25) is 4.72 Å². The van der Waals surface area contributed by atoms with Gasteiger partial charge in [-0.1, -0.05) is 6.07 Å². The molecule has 1 saturated heterocycles. The van der Waals surface area contributed by atoms with Gasteiger partial charge in [-0.05, 0) is 74.7 Å². The van der Waals surface area contributed by atoms with E-state index in [4.69, 9.17) is 4.74 Å². The molecule has 1 aromatic heterocycles. The van der Waals surface area contributed by atoms with Crippen molar-refractivity contribution in [2.75, 3.05) is 41.2 Å². The summed E-state index contributed by atoms with van der Waals surface area (Å²) in [6.45, 7) is 10.6. The van der Waals surface area contributed by atoms with Crippen LogP contribution in [0.5, 0.6) is 0 Å². The van der Waals surface area contributed by atoms with Gasteiger partial charge < -0.3 is 15.0 Å². The summed E-state index contributed by atoms with van der Waals surface area (Å²) in [4.78, 5) is 11.6. The smallest absolute Gasteiger partial charge is 0.262 e. The molecule has 0 unspecified atom stereocenters. The van der Waals surface area contributed by atoms with Crippen LogP contribution in [0.4, 0.5) is 23.1 Å². The van der Waals surface area contributed by atoms with E-state index in [1.165, 1.54) is 0 Å². The summed E-state index contributed by atoms with van der Waals surface area (Å²) in [6.07, 6.45) is 0. The normalized spacial score (nSPS) is 14.2. The summed E-state index contributed by atoms with van der Waals surface area (Å²) in [5.41, 5.74) is 4.84. The SMILES string of the molecule is Cc1cc(N2CCOCC2)nc(Nc2ccc(NS(=O)(=O)c3cc(C)c(C)cc3C)cc2)n1. The van der Waals surface area contributed by atoms with Crippen LogP contribution in [0.3, 0.4) is 0 Å². The highest BCUT2D eigenvalue weighted by atomic mass is 32.2. The number of nitrogens with zero attached hydrogens (tertiary/aromatic N) is 3. The van der Waals surface area contributed by atoms with Gasteiger partial charge in [-0.2, -0.15) is 4.98 Å². The number of hydrogen-bond donors (Lipinski definition) is 2. The van der Waals surface area contributed by atoms with E-state index >= 15 is 0 Å². The number of benzene rings is 2. The monoisotopic (exact) mass is 467 g/mol. The molecule has 1 aliphatic heterocycles. The molecule has 33 heavy (non-hydrogen) atoms. The fraction of sp³-hybridized carbons (Fsp3) is 0.333. The van der Waals surface area contributed by atoms with Crippen molar-refractivity contribution < 1.29 is 13.2 Å². The summed E-state index contributed by atoms with van der Waals surface area (Å²) in [6, 6.07) is 12.6. The average Bonchev–Trinajstić information content (AvgIpc) is 2.77. The lowest BCUT2D eigenvalue weighted by Crippen LogP contribution is -2.36. The number of morpholine rings is 1. The van der Waals surface area contributed by atoms with Gasteiger partial charge in [0.25, 0.3) is 10.0 Å². The zero-order valence-corrected chi connectivity index (χ0v) is 20.2. The predicted octanol–water partition coefficient (Wildman–Crippen LogP) is 4.09. The largest absolute Gasteiger partial charge is 0.378 e. The van der Waals surface area contributed by atoms with E-state index in [-0.39, 0.29) is 4.90 Å². The molecule has 2 N–H and O–H groups in total. The van der Waals surface area contributed by atoms with Gasteiger partial charge >= 0.3 is 0 Å². The lowest BCUT2D eigenvalue weighted by atomic mass is 10.1. The van der Waals surface area contributed by atoms with Gasteiger partial charge in [0, 0.05) is 36.2 Å². The van der Waals surface area contributed by atoms with E-state index in [1.807, 2.05) is 32.9 Å². The van der Waals surface area contributed by atoms with E-state index < -0.39 is 10.0 Å². The Balaban J connectivity index is 1.49.